The van der Waals surface area contributed by atoms with Crippen molar-refractivity contribution in [1.29, 1.82) is 0 Å². The van der Waals surface area contributed by atoms with Crippen molar-refractivity contribution in [3.8, 4) is 0 Å². The molecule has 1 N–H and O–H groups in total. The van der Waals surface area contributed by atoms with E-state index in [0.29, 0.717) is 11.9 Å². The van der Waals surface area contributed by atoms with Crippen LogP contribution < -0.4 is 4.90 Å². The molecule has 1 aliphatic heterocycles. The number of likely N-dealkylation sites (tertiary alicyclic amines) is 1. The summed E-state index contributed by atoms with van der Waals surface area (Å²) in [4.78, 5) is 23.3. The van der Waals surface area contributed by atoms with E-state index in [4.69, 9.17) is 5.11 Å². The van der Waals surface area contributed by atoms with Gasteiger partial charge in [0.2, 0.25) is 5.95 Å². The van der Waals surface area contributed by atoms with Crippen LogP contribution in [0.4, 0.5) is 5.95 Å². The summed E-state index contributed by atoms with van der Waals surface area (Å²) in [7, 11) is 1.68. The summed E-state index contributed by atoms with van der Waals surface area (Å²) in [6, 6.07) is 10.7. The van der Waals surface area contributed by atoms with E-state index in [-0.39, 0.29) is 6.54 Å². The van der Waals surface area contributed by atoms with E-state index in [1.165, 1.54) is 23.3 Å². The van der Waals surface area contributed by atoms with Gasteiger partial charge in [0.05, 0.1) is 0 Å². The SMILES string of the molecule is CN(CC(=O)O)c1ncc(CN2CCC[C@@H](c3ccccc3)C2)cn1. The lowest BCUT2D eigenvalue weighted by Crippen LogP contribution is -2.34. The molecule has 0 unspecified atom stereocenters. The van der Waals surface area contributed by atoms with Gasteiger partial charge in [-0.3, -0.25) is 9.69 Å². The minimum absolute atomic E-state index is 0.107. The van der Waals surface area contributed by atoms with Crippen LogP contribution in [0.2, 0.25) is 0 Å². The molecule has 1 aromatic heterocycles. The highest BCUT2D eigenvalue weighted by atomic mass is 16.4. The molecule has 0 amide bonds. The Bertz CT molecular complexity index is 690. The van der Waals surface area contributed by atoms with Gasteiger partial charge < -0.3 is 10.0 Å². The maximum Gasteiger partial charge on any atom is 0.323 e. The van der Waals surface area contributed by atoms with Crippen molar-refractivity contribution in [1.82, 2.24) is 14.9 Å². The van der Waals surface area contributed by atoms with Crippen LogP contribution in [0.25, 0.3) is 0 Å². The fourth-order valence-corrected chi connectivity index (χ4v) is 3.35. The molecule has 1 atom stereocenters. The van der Waals surface area contributed by atoms with Gasteiger partial charge in [0.15, 0.2) is 0 Å². The molecule has 132 valence electrons. The summed E-state index contributed by atoms with van der Waals surface area (Å²) >= 11 is 0. The van der Waals surface area contributed by atoms with E-state index in [0.717, 1.165) is 25.2 Å². The van der Waals surface area contributed by atoms with Crippen LogP contribution in [-0.2, 0) is 11.3 Å². The quantitative estimate of drug-likeness (QED) is 0.871. The average Bonchev–Trinajstić information content (AvgIpc) is 2.63. The number of anilines is 1. The number of carboxylic acids is 1. The zero-order chi connectivity index (χ0) is 17.6. The Labute approximate surface area is 148 Å². The molecule has 1 aliphatic rings. The molecule has 0 spiro atoms. The first-order chi connectivity index (χ1) is 12.1. The van der Waals surface area contributed by atoms with Crippen molar-refractivity contribution in [3.63, 3.8) is 0 Å². The van der Waals surface area contributed by atoms with Crippen molar-refractivity contribution < 1.29 is 9.90 Å². The largest absolute Gasteiger partial charge is 0.480 e. The first-order valence-corrected chi connectivity index (χ1v) is 8.63. The molecule has 2 aromatic rings. The van der Waals surface area contributed by atoms with Crippen LogP contribution in [0.15, 0.2) is 42.7 Å². The van der Waals surface area contributed by atoms with Crippen molar-refractivity contribution in [2.24, 2.45) is 0 Å². The lowest BCUT2D eigenvalue weighted by molar-refractivity contribution is -0.135. The lowest BCUT2D eigenvalue weighted by atomic mass is 9.90. The molecule has 0 aliphatic carbocycles. The highest BCUT2D eigenvalue weighted by molar-refractivity contribution is 5.72. The number of benzene rings is 1. The molecular formula is C19H24N4O2. The number of likely N-dealkylation sites (N-methyl/N-ethyl adjacent to an activating group) is 1. The smallest absolute Gasteiger partial charge is 0.323 e. The number of carboxylic acid groups (broad SMARTS) is 1. The Balaban J connectivity index is 1.59. The molecule has 1 fully saturated rings. The van der Waals surface area contributed by atoms with Gasteiger partial charge in [-0.05, 0) is 30.9 Å². The van der Waals surface area contributed by atoms with Crippen LogP contribution >= 0.6 is 0 Å². The predicted octanol–water partition coefficient (Wildman–Crippen LogP) is 2.38. The zero-order valence-corrected chi connectivity index (χ0v) is 14.5. The number of nitrogens with zero attached hydrogens (tertiary/aromatic N) is 4. The van der Waals surface area contributed by atoms with Gasteiger partial charge in [-0.2, -0.15) is 0 Å². The van der Waals surface area contributed by atoms with Gasteiger partial charge in [0.25, 0.3) is 0 Å². The van der Waals surface area contributed by atoms with E-state index >= 15 is 0 Å². The van der Waals surface area contributed by atoms with Crippen molar-refractivity contribution >= 4 is 11.9 Å². The second kappa shape index (κ2) is 8.07. The number of rotatable bonds is 6. The molecule has 0 bridgehead atoms. The monoisotopic (exact) mass is 340 g/mol. The van der Waals surface area contributed by atoms with Crippen LogP contribution in [0, 0.1) is 0 Å². The van der Waals surface area contributed by atoms with Gasteiger partial charge in [-0.25, -0.2) is 9.97 Å². The fourth-order valence-electron chi connectivity index (χ4n) is 3.35. The standard InChI is InChI=1S/C19H24N4O2/c1-22(14-18(24)25)19-20-10-15(11-21-19)12-23-9-5-8-17(13-23)16-6-3-2-4-7-16/h2-4,6-7,10-11,17H,5,8-9,12-14H2,1H3,(H,24,25)/t17-/m1/s1. The molecule has 3 rings (SSSR count). The van der Waals surface area contributed by atoms with E-state index in [9.17, 15) is 4.79 Å². The average molecular weight is 340 g/mol. The van der Waals surface area contributed by atoms with Crippen LogP contribution in [0.1, 0.15) is 29.9 Å². The third-order valence-electron chi connectivity index (χ3n) is 4.59. The zero-order valence-electron chi connectivity index (χ0n) is 14.5. The minimum Gasteiger partial charge on any atom is -0.480 e. The van der Waals surface area contributed by atoms with Gasteiger partial charge in [0, 0.05) is 38.1 Å². The van der Waals surface area contributed by atoms with Crippen molar-refractivity contribution in [2.45, 2.75) is 25.3 Å². The second-order valence-electron chi connectivity index (χ2n) is 6.63. The molecule has 6 heteroatoms. The first-order valence-electron chi connectivity index (χ1n) is 8.63. The highest BCUT2D eigenvalue weighted by Gasteiger charge is 2.21. The summed E-state index contributed by atoms with van der Waals surface area (Å²) in [5, 5.41) is 8.83. The van der Waals surface area contributed by atoms with E-state index in [1.807, 2.05) is 0 Å². The van der Waals surface area contributed by atoms with Crippen LogP contribution in [-0.4, -0.2) is 52.6 Å². The number of piperidine rings is 1. The fraction of sp³-hybridized carbons (Fsp3) is 0.421. The number of aliphatic carboxylic acids is 1. The maximum atomic E-state index is 10.8. The van der Waals surface area contributed by atoms with E-state index in [1.54, 1.807) is 19.4 Å². The lowest BCUT2D eigenvalue weighted by Gasteiger charge is -2.33. The molecule has 25 heavy (non-hydrogen) atoms. The van der Waals surface area contributed by atoms with Gasteiger partial charge in [-0.1, -0.05) is 30.3 Å². The summed E-state index contributed by atoms with van der Waals surface area (Å²) in [5.74, 6) is 0.124. The Kier molecular flexibility index (Phi) is 5.60. The molecule has 1 saturated heterocycles. The molecular weight excluding hydrogens is 316 g/mol. The molecule has 0 radical (unpaired) electrons. The van der Waals surface area contributed by atoms with E-state index in [2.05, 4.69) is 45.2 Å². The summed E-state index contributed by atoms with van der Waals surface area (Å²) in [6.07, 6.45) is 6.02. The van der Waals surface area contributed by atoms with Crippen molar-refractivity contribution in [2.75, 3.05) is 31.6 Å². The highest BCUT2D eigenvalue weighted by Crippen LogP contribution is 2.27. The third-order valence-corrected chi connectivity index (χ3v) is 4.59. The second-order valence-corrected chi connectivity index (χ2v) is 6.63. The Morgan fingerprint density at radius 3 is 2.68 bits per heavy atom. The summed E-state index contributed by atoms with van der Waals surface area (Å²) in [6.45, 7) is 2.85. The minimum atomic E-state index is -0.893. The van der Waals surface area contributed by atoms with Gasteiger partial charge in [-0.15, -0.1) is 0 Å². The molecule has 6 nitrogen and oxygen atoms in total. The van der Waals surface area contributed by atoms with Crippen LogP contribution in [0.5, 0.6) is 0 Å². The molecule has 2 heterocycles. The Morgan fingerprint density at radius 2 is 2.00 bits per heavy atom. The van der Waals surface area contributed by atoms with Gasteiger partial charge in [0.1, 0.15) is 6.54 Å². The predicted molar refractivity (Wildman–Crippen MR) is 96.6 cm³/mol. The molecule has 0 saturated carbocycles. The normalized spacial score (nSPS) is 18.0. The Hall–Kier alpha value is -2.47. The topological polar surface area (TPSA) is 69.6 Å². The third kappa shape index (κ3) is 4.76. The van der Waals surface area contributed by atoms with Gasteiger partial charge >= 0.3 is 5.97 Å². The summed E-state index contributed by atoms with van der Waals surface area (Å²) < 4.78 is 0. The first kappa shape index (κ1) is 17.4. The number of carbonyl (C=O) groups is 1. The number of hydrogen-bond donors (Lipinski definition) is 1. The number of aromatic nitrogens is 2. The van der Waals surface area contributed by atoms with Crippen molar-refractivity contribution in [3.05, 3.63) is 53.9 Å². The van der Waals surface area contributed by atoms with Crippen LogP contribution in [0.3, 0.4) is 0 Å². The number of hydrogen-bond acceptors (Lipinski definition) is 5. The van der Waals surface area contributed by atoms with E-state index < -0.39 is 5.97 Å². The maximum absolute atomic E-state index is 10.8. The molecule has 1 aromatic carbocycles. The Morgan fingerprint density at radius 1 is 1.28 bits per heavy atom. The summed E-state index contributed by atoms with van der Waals surface area (Å²) in [5.41, 5.74) is 2.47.